The molecule has 0 unspecified atom stereocenters. The number of ether oxygens (including phenoxy) is 1. The van der Waals surface area contributed by atoms with Crippen LogP contribution in [0.4, 0.5) is 4.39 Å². The molecular formula is C12H17BrFNO. The van der Waals surface area contributed by atoms with Gasteiger partial charge in [0.1, 0.15) is 5.82 Å². The number of methoxy groups -OCH3 is 1. The quantitative estimate of drug-likeness (QED) is 0.747. The van der Waals surface area contributed by atoms with Crippen LogP contribution >= 0.6 is 15.9 Å². The molecule has 0 aliphatic carbocycles. The SMILES string of the molecule is COCCCN(C)Cc1cccc(F)c1Br. The second-order valence-corrected chi connectivity index (χ2v) is 4.59. The molecule has 2 nitrogen and oxygen atoms in total. The van der Waals surface area contributed by atoms with Gasteiger partial charge in [-0.05, 0) is 41.0 Å². The van der Waals surface area contributed by atoms with Crippen molar-refractivity contribution in [2.75, 3.05) is 27.3 Å². The average Bonchev–Trinajstić information content (AvgIpc) is 2.25. The maximum Gasteiger partial charge on any atom is 0.137 e. The van der Waals surface area contributed by atoms with Gasteiger partial charge in [-0.15, -0.1) is 0 Å². The van der Waals surface area contributed by atoms with Gasteiger partial charge in [-0.25, -0.2) is 4.39 Å². The highest BCUT2D eigenvalue weighted by atomic mass is 79.9. The van der Waals surface area contributed by atoms with Gasteiger partial charge in [0, 0.05) is 26.8 Å². The lowest BCUT2D eigenvalue weighted by atomic mass is 10.2. The van der Waals surface area contributed by atoms with Crippen LogP contribution in [0.5, 0.6) is 0 Å². The zero-order chi connectivity index (χ0) is 12.0. The molecule has 0 amide bonds. The summed E-state index contributed by atoms with van der Waals surface area (Å²) in [4.78, 5) is 2.15. The molecule has 0 aromatic heterocycles. The summed E-state index contributed by atoms with van der Waals surface area (Å²) in [6.45, 7) is 2.44. The molecule has 0 spiro atoms. The number of hydrogen-bond donors (Lipinski definition) is 0. The Balaban J connectivity index is 2.49. The molecule has 90 valence electrons. The van der Waals surface area contributed by atoms with Gasteiger partial charge in [0.25, 0.3) is 0 Å². The molecule has 0 radical (unpaired) electrons. The van der Waals surface area contributed by atoms with Crippen molar-refractivity contribution in [2.24, 2.45) is 0 Å². The maximum atomic E-state index is 13.3. The van der Waals surface area contributed by atoms with Crippen molar-refractivity contribution in [1.29, 1.82) is 0 Å². The van der Waals surface area contributed by atoms with Crippen LogP contribution in [0.1, 0.15) is 12.0 Å². The minimum absolute atomic E-state index is 0.206. The minimum Gasteiger partial charge on any atom is -0.385 e. The third kappa shape index (κ3) is 4.20. The Morgan fingerprint density at radius 1 is 1.44 bits per heavy atom. The van der Waals surface area contributed by atoms with Gasteiger partial charge < -0.3 is 9.64 Å². The Hall–Kier alpha value is -0.450. The van der Waals surface area contributed by atoms with E-state index < -0.39 is 0 Å². The van der Waals surface area contributed by atoms with E-state index in [-0.39, 0.29) is 5.82 Å². The van der Waals surface area contributed by atoms with Gasteiger partial charge in [0.15, 0.2) is 0 Å². The molecular weight excluding hydrogens is 273 g/mol. The summed E-state index contributed by atoms with van der Waals surface area (Å²) in [5.41, 5.74) is 0.972. The molecule has 16 heavy (non-hydrogen) atoms. The van der Waals surface area contributed by atoms with Crippen LogP contribution in [0.3, 0.4) is 0 Å². The summed E-state index contributed by atoms with van der Waals surface area (Å²) in [5, 5.41) is 0. The maximum absolute atomic E-state index is 13.3. The molecule has 0 aliphatic rings. The van der Waals surface area contributed by atoms with Crippen molar-refractivity contribution in [3.8, 4) is 0 Å². The predicted octanol–water partition coefficient (Wildman–Crippen LogP) is 3.06. The fourth-order valence-electron chi connectivity index (χ4n) is 1.52. The van der Waals surface area contributed by atoms with Gasteiger partial charge in [0.05, 0.1) is 4.47 Å². The third-order valence-electron chi connectivity index (χ3n) is 2.36. The number of benzene rings is 1. The first-order valence-corrected chi connectivity index (χ1v) is 6.05. The monoisotopic (exact) mass is 289 g/mol. The van der Waals surface area contributed by atoms with E-state index in [4.69, 9.17) is 4.74 Å². The summed E-state index contributed by atoms with van der Waals surface area (Å²) in [6.07, 6.45) is 0.986. The highest BCUT2D eigenvalue weighted by Gasteiger charge is 2.07. The van der Waals surface area contributed by atoms with Crippen molar-refractivity contribution in [2.45, 2.75) is 13.0 Å². The second kappa shape index (κ2) is 6.99. The van der Waals surface area contributed by atoms with Crippen LogP contribution in [-0.2, 0) is 11.3 Å². The summed E-state index contributed by atoms with van der Waals surface area (Å²) in [5.74, 6) is -0.206. The van der Waals surface area contributed by atoms with Crippen LogP contribution in [0.25, 0.3) is 0 Å². The van der Waals surface area contributed by atoms with Gasteiger partial charge >= 0.3 is 0 Å². The highest BCUT2D eigenvalue weighted by Crippen LogP contribution is 2.21. The van der Waals surface area contributed by atoms with Crippen molar-refractivity contribution in [3.05, 3.63) is 34.1 Å². The highest BCUT2D eigenvalue weighted by molar-refractivity contribution is 9.10. The zero-order valence-corrected chi connectivity index (χ0v) is 11.3. The van der Waals surface area contributed by atoms with E-state index in [0.29, 0.717) is 4.47 Å². The minimum atomic E-state index is -0.206. The predicted molar refractivity (Wildman–Crippen MR) is 66.9 cm³/mol. The Kier molecular flexibility index (Phi) is 5.95. The molecule has 1 aromatic rings. The third-order valence-corrected chi connectivity index (χ3v) is 3.25. The lowest BCUT2D eigenvalue weighted by Gasteiger charge is -2.17. The topological polar surface area (TPSA) is 12.5 Å². The van der Waals surface area contributed by atoms with Crippen LogP contribution in [0.2, 0.25) is 0 Å². The second-order valence-electron chi connectivity index (χ2n) is 3.80. The molecule has 0 saturated carbocycles. The standard InChI is InChI=1S/C12H17BrFNO/c1-15(7-4-8-16-2)9-10-5-3-6-11(14)12(10)13/h3,5-6H,4,7-9H2,1-2H3. The van der Waals surface area contributed by atoms with Crippen molar-refractivity contribution >= 4 is 15.9 Å². The number of rotatable bonds is 6. The van der Waals surface area contributed by atoms with Gasteiger partial charge in [-0.2, -0.15) is 0 Å². The van der Waals surface area contributed by atoms with E-state index in [2.05, 4.69) is 20.8 Å². The van der Waals surface area contributed by atoms with Crippen LogP contribution in [0.15, 0.2) is 22.7 Å². The number of halogens is 2. The normalized spacial score (nSPS) is 11.1. The molecule has 0 aliphatic heterocycles. The molecule has 0 saturated heterocycles. The van der Waals surface area contributed by atoms with Crippen LogP contribution in [-0.4, -0.2) is 32.2 Å². The Morgan fingerprint density at radius 3 is 2.88 bits per heavy atom. The first-order valence-electron chi connectivity index (χ1n) is 5.25. The first-order chi connectivity index (χ1) is 7.65. The van der Waals surface area contributed by atoms with Crippen molar-refractivity contribution < 1.29 is 9.13 Å². The molecule has 4 heteroatoms. The molecule has 1 aromatic carbocycles. The molecule has 0 bridgehead atoms. The molecule has 1 rings (SSSR count). The van der Waals surface area contributed by atoms with E-state index in [9.17, 15) is 4.39 Å². The summed E-state index contributed by atoms with van der Waals surface area (Å²) in [6, 6.07) is 5.12. The molecule has 0 N–H and O–H groups in total. The van der Waals surface area contributed by atoms with Gasteiger partial charge in [0.2, 0.25) is 0 Å². The Bertz CT molecular complexity index is 333. The summed E-state index contributed by atoms with van der Waals surface area (Å²) < 4.78 is 18.8. The fourth-order valence-corrected chi connectivity index (χ4v) is 1.91. The van der Waals surface area contributed by atoms with E-state index in [1.54, 1.807) is 13.2 Å². The first kappa shape index (κ1) is 13.6. The van der Waals surface area contributed by atoms with Crippen LogP contribution < -0.4 is 0 Å². The lowest BCUT2D eigenvalue weighted by Crippen LogP contribution is -2.20. The average molecular weight is 290 g/mol. The molecule has 0 atom stereocenters. The summed E-state index contributed by atoms with van der Waals surface area (Å²) in [7, 11) is 3.72. The van der Waals surface area contributed by atoms with E-state index in [0.717, 1.165) is 31.7 Å². The Labute approximate surface area is 105 Å². The number of hydrogen-bond acceptors (Lipinski definition) is 2. The zero-order valence-electron chi connectivity index (χ0n) is 9.67. The molecule has 0 heterocycles. The van der Waals surface area contributed by atoms with Crippen molar-refractivity contribution in [3.63, 3.8) is 0 Å². The van der Waals surface area contributed by atoms with E-state index in [1.807, 2.05) is 13.1 Å². The van der Waals surface area contributed by atoms with Gasteiger partial charge in [-0.3, -0.25) is 0 Å². The lowest BCUT2D eigenvalue weighted by molar-refractivity contribution is 0.178. The van der Waals surface area contributed by atoms with Gasteiger partial charge in [-0.1, -0.05) is 12.1 Å². The Morgan fingerprint density at radius 2 is 2.19 bits per heavy atom. The molecule has 0 fully saturated rings. The van der Waals surface area contributed by atoms with Crippen LogP contribution in [0, 0.1) is 5.82 Å². The fraction of sp³-hybridized carbons (Fsp3) is 0.500. The smallest absolute Gasteiger partial charge is 0.137 e. The summed E-state index contributed by atoms with van der Waals surface area (Å²) >= 11 is 3.26. The van der Waals surface area contributed by atoms with E-state index in [1.165, 1.54) is 6.07 Å². The van der Waals surface area contributed by atoms with Crippen molar-refractivity contribution in [1.82, 2.24) is 4.90 Å². The van der Waals surface area contributed by atoms with E-state index >= 15 is 0 Å². The largest absolute Gasteiger partial charge is 0.385 e. The number of nitrogens with zero attached hydrogens (tertiary/aromatic N) is 1.